The molecule has 0 atom stereocenters. The van der Waals surface area contributed by atoms with Gasteiger partial charge in [-0.15, -0.1) is 0 Å². The van der Waals surface area contributed by atoms with Crippen molar-refractivity contribution in [2.24, 2.45) is 0 Å². The summed E-state index contributed by atoms with van der Waals surface area (Å²) in [5, 5.41) is 0.318. The highest BCUT2D eigenvalue weighted by Gasteiger charge is 1.95. The van der Waals surface area contributed by atoms with Gasteiger partial charge in [-0.3, -0.25) is 0 Å². The summed E-state index contributed by atoms with van der Waals surface area (Å²) in [5.41, 5.74) is 0.569. The Morgan fingerprint density at radius 2 is 2.22 bits per heavy atom. The van der Waals surface area contributed by atoms with Crippen LogP contribution >= 0.6 is 11.6 Å². The Bertz CT molecular complexity index is 220. The predicted octanol–water partition coefficient (Wildman–Crippen LogP) is 2.59. The van der Waals surface area contributed by atoms with E-state index in [0.717, 1.165) is 0 Å². The lowest BCUT2D eigenvalue weighted by molar-refractivity contribution is 0.616. The van der Waals surface area contributed by atoms with Crippen LogP contribution in [0.2, 0.25) is 5.02 Å². The summed E-state index contributed by atoms with van der Waals surface area (Å²) >= 11 is 5.42. The molecule has 0 nitrogen and oxygen atoms in total. The minimum atomic E-state index is -0.373. The summed E-state index contributed by atoms with van der Waals surface area (Å²) in [6, 6.07) is 5.57. The maximum Gasteiger partial charge on any atom is 0.135 e. The van der Waals surface area contributed by atoms with E-state index in [-0.39, 0.29) is 5.82 Å². The Morgan fingerprint density at radius 1 is 1.56 bits per heavy atom. The number of aryl methyl sites for hydroxylation is 1. The second kappa shape index (κ2) is 2.36. The number of rotatable bonds is 0. The van der Waals surface area contributed by atoms with Crippen LogP contribution in [0.15, 0.2) is 12.1 Å². The molecule has 0 saturated carbocycles. The molecule has 0 saturated heterocycles. The van der Waals surface area contributed by atoms with Crippen LogP contribution in [0.5, 0.6) is 0 Å². The van der Waals surface area contributed by atoms with E-state index < -0.39 is 0 Å². The van der Waals surface area contributed by atoms with Crippen LogP contribution in [0, 0.1) is 18.8 Å². The van der Waals surface area contributed by atoms with Crippen LogP contribution < -0.4 is 0 Å². The van der Waals surface area contributed by atoms with Crippen LogP contribution in [0.25, 0.3) is 0 Å². The van der Waals surface area contributed by atoms with Crippen molar-refractivity contribution in [2.45, 2.75) is 6.92 Å². The van der Waals surface area contributed by atoms with Crippen molar-refractivity contribution in [2.75, 3.05) is 0 Å². The van der Waals surface area contributed by atoms with Gasteiger partial charge in [-0.1, -0.05) is 17.7 Å². The zero-order valence-electron chi connectivity index (χ0n) is 4.91. The van der Waals surface area contributed by atoms with E-state index in [2.05, 4.69) is 6.07 Å². The number of hydrogen-bond acceptors (Lipinski definition) is 0. The van der Waals surface area contributed by atoms with E-state index >= 15 is 0 Å². The summed E-state index contributed by atoms with van der Waals surface area (Å²) in [4.78, 5) is 0. The molecular weight excluding hydrogens is 139 g/mol. The standard InChI is InChI=1S/C7H5ClF/c1-5-2-3-6(8)4-7(5)9/h2-3H,1H3. The second-order valence-electron chi connectivity index (χ2n) is 1.80. The number of halogens is 2. The highest BCUT2D eigenvalue weighted by atomic mass is 35.5. The first kappa shape index (κ1) is 6.56. The lowest BCUT2D eigenvalue weighted by Crippen LogP contribution is -1.79. The van der Waals surface area contributed by atoms with Crippen LogP contribution in [-0.4, -0.2) is 0 Å². The average molecular weight is 144 g/mol. The van der Waals surface area contributed by atoms with Gasteiger partial charge in [-0.25, -0.2) is 4.39 Å². The van der Waals surface area contributed by atoms with Crippen molar-refractivity contribution in [3.8, 4) is 0 Å². The molecule has 0 spiro atoms. The molecule has 9 heavy (non-hydrogen) atoms. The fourth-order valence-electron chi connectivity index (χ4n) is 0.516. The summed E-state index contributed by atoms with van der Waals surface area (Å²) < 4.78 is 12.4. The van der Waals surface area contributed by atoms with E-state index in [1.165, 1.54) is 0 Å². The third kappa shape index (κ3) is 1.42. The molecule has 0 heterocycles. The summed E-state index contributed by atoms with van der Waals surface area (Å²) in [6.07, 6.45) is 0. The van der Waals surface area contributed by atoms with Crippen LogP contribution in [0.1, 0.15) is 5.56 Å². The largest absolute Gasteiger partial charge is 0.206 e. The minimum absolute atomic E-state index is 0.318. The number of benzene rings is 1. The van der Waals surface area contributed by atoms with Gasteiger partial charge in [-0.05, 0) is 18.6 Å². The van der Waals surface area contributed by atoms with Gasteiger partial charge in [0.25, 0.3) is 0 Å². The Morgan fingerprint density at radius 3 is 2.67 bits per heavy atom. The maximum absolute atomic E-state index is 12.4. The Hall–Kier alpha value is -0.560. The van der Waals surface area contributed by atoms with Gasteiger partial charge < -0.3 is 0 Å². The van der Waals surface area contributed by atoms with Crippen molar-refractivity contribution >= 4 is 11.6 Å². The Labute approximate surface area is 58.3 Å². The molecule has 1 rings (SSSR count). The fourth-order valence-corrected chi connectivity index (χ4v) is 0.662. The van der Waals surface area contributed by atoms with E-state index in [0.29, 0.717) is 10.6 Å². The normalized spacial score (nSPS) is 9.67. The molecule has 0 aliphatic heterocycles. The zero-order chi connectivity index (χ0) is 6.85. The third-order valence-electron chi connectivity index (χ3n) is 1.06. The maximum atomic E-state index is 12.4. The van der Waals surface area contributed by atoms with Crippen molar-refractivity contribution in [3.63, 3.8) is 0 Å². The molecule has 0 aromatic heterocycles. The molecule has 0 aliphatic rings. The van der Waals surface area contributed by atoms with Crippen LogP contribution in [0.3, 0.4) is 0 Å². The highest BCUT2D eigenvalue weighted by Crippen LogP contribution is 2.11. The fraction of sp³-hybridized carbons (Fsp3) is 0.143. The topological polar surface area (TPSA) is 0 Å². The van der Waals surface area contributed by atoms with Crippen molar-refractivity contribution in [1.82, 2.24) is 0 Å². The van der Waals surface area contributed by atoms with Gasteiger partial charge in [0.05, 0.1) is 5.02 Å². The first-order valence-electron chi connectivity index (χ1n) is 2.54. The molecule has 0 fully saturated rings. The second-order valence-corrected chi connectivity index (χ2v) is 2.21. The van der Waals surface area contributed by atoms with Gasteiger partial charge in [0.1, 0.15) is 5.82 Å². The highest BCUT2D eigenvalue weighted by molar-refractivity contribution is 6.30. The molecule has 0 unspecified atom stereocenters. The van der Waals surface area contributed by atoms with E-state index in [4.69, 9.17) is 11.6 Å². The first-order chi connectivity index (χ1) is 4.20. The molecular formula is C7H5ClF. The minimum Gasteiger partial charge on any atom is -0.206 e. The van der Waals surface area contributed by atoms with Gasteiger partial charge >= 0.3 is 0 Å². The molecule has 0 amide bonds. The SMILES string of the molecule is Cc1ccc(Cl)[c]c1F. The van der Waals surface area contributed by atoms with Gasteiger partial charge in [0.2, 0.25) is 0 Å². The quantitative estimate of drug-likeness (QED) is 0.524. The van der Waals surface area contributed by atoms with E-state index in [9.17, 15) is 4.39 Å². The van der Waals surface area contributed by atoms with E-state index in [1.54, 1.807) is 19.1 Å². The van der Waals surface area contributed by atoms with E-state index in [1.807, 2.05) is 0 Å². The smallest absolute Gasteiger partial charge is 0.135 e. The lowest BCUT2D eigenvalue weighted by Gasteiger charge is -1.92. The monoisotopic (exact) mass is 143 g/mol. The first-order valence-corrected chi connectivity index (χ1v) is 2.92. The van der Waals surface area contributed by atoms with Gasteiger partial charge in [0, 0.05) is 6.07 Å². The molecule has 0 bridgehead atoms. The summed E-state index contributed by atoms with van der Waals surface area (Å²) in [6.45, 7) is 1.67. The van der Waals surface area contributed by atoms with Crippen LogP contribution in [0.4, 0.5) is 4.39 Å². The van der Waals surface area contributed by atoms with Gasteiger partial charge in [0.15, 0.2) is 0 Å². The summed E-state index contributed by atoms with van der Waals surface area (Å²) in [7, 11) is 0. The van der Waals surface area contributed by atoms with Crippen molar-refractivity contribution < 1.29 is 4.39 Å². The Balaban J connectivity index is 3.17. The lowest BCUT2D eigenvalue weighted by atomic mass is 10.2. The predicted molar refractivity (Wildman–Crippen MR) is 35.0 cm³/mol. The average Bonchev–Trinajstić information content (AvgIpc) is 1.80. The Kier molecular flexibility index (Phi) is 1.72. The molecule has 1 aromatic rings. The summed E-state index contributed by atoms with van der Waals surface area (Å²) in [5.74, 6) is -0.373. The molecule has 47 valence electrons. The zero-order valence-corrected chi connectivity index (χ0v) is 5.67. The molecule has 0 aliphatic carbocycles. The molecule has 1 radical (unpaired) electrons. The van der Waals surface area contributed by atoms with Gasteiger partial charge in [-0.2, -0.15) is 0 Å². The third-order valence-corrected chi connectivity index (χ3v) is 1.28. The molecule has 2 heteroatoms. The van der Waals surface area contributed by atoms with Crippen molar-refractivity contribution in [1.29, 1.82) is 0 Å². The van der Waals surface area contributed by atoms with Crippen LogP contribution in [-0.2, 0) is 0 Å². The van der Waals surface area contributed by atoms with Crippen molar-refractivity contribution in [3.05, 3.63) is 34.6 Å². The molecule has 0 N–H and O–H groups in total. The molecule has 1 aromatic carbocycles. The number of hydrogen-bond donors (Lipinski definition) is 0.